The van der Waals surface area contributed by atoms with Gasteiger partial charge in [-0.15, -0.1) is 0 Å². The molecule has 69 valence electrons. The Balaban J connectivity index is 2.34. The van der Waals surface area contributed by atoms with Crippen LogP contribution in [-0.4, -0.2) is 9.97 Å². The van der Waals surface area contributed by atoms with E-state index in [1.807, 2.05) is 42.7 Å². The van der Waals surface area contributed by atoms with Crippen LogP contribution in [0.25, 0.3) is 11.1 Å². The van der Waals surface area contributed by atoms with Crippen molar-refractivity contribution in [1.29, 1.82) is 0 Å². The molecule has 2 rings (SSSR count). The summed E-state index contributed by atoms with van der Waals surface area (Å²) in [6.07, 6.45) is 7.28. The van der Waals surface area contributed by atoms with E-state index in [1.165, 1.54) is 11.8 Å². The number of hydrogen-bond acceptors (Lipinski definition) is 3. The lowest BCUT2D eigenvalue weighted by atomic mass is 10.1. The first-order valence-corrected chi connectivity index (χ1v) is 5.18. The van der Waals surface area contributed by atoms with Crippen molar-refractivity contribution < 1.29 is 0 Å². The Bertz CT molecular complexity index is 397. The number of nitrogens with zero attached hydrogens (tertiary/aromatic N) is 2. The summed E-state index contributed by atoms with van der Waals surface area (Å²) in [6.45, 7) is 0. The van der Waals surface area contributed by atoms with Crippen LogP contribution in [-0.2, 0) is 0 Å². The number of thioether (sulfide) groups is 1. The predicted molar refractivity (Wildman–Crippen MR) is 58.7 cm³/mol. The highest BCUT2D eigenvalue weighted by atomic mass is 32.2. The lowest BCUT2D eigenvalue weighted by Gasteiger charge is -2.00. The smallest absolute Gasteiger partial charge is 0.187 e. The third kappa shape index (κ3) is 1.93. The Morgan fingerprint density at radius 1 is 0.929 bits per heavy atom. The molecule has 0 atom stereocenters. The monoisotopic (exact) mass is 201 g/mol. The highest BCUT2D eigenvalue weighted by Crippen LogP contribution is 2.18. The van der Waals surface area contributed by atoms with Gasteiger partial charge in [-0.05, 0) is 5.56 Å². The van der Waals surface area contributed by atoms with Crippen molar-refractivity contribution in [3.63, 3.8) is 0 Å². The minimum atomic E-state index is 0.699. The second-order valence-corrected chi connectivity index (χ2v) is 3.42. The second kappa shape index (κ2) is 4.24. The van der Waals surface area contributed by atoms with E-state index >= 15 is 0 Å². The van der Waals surface area contributed by atoms with Gasteiger partial charge in [0.1, 0.15) is 0 Å². The van der Waals surface area contributed by atoms with Crippen LogP contribution in [0.4, 0.5) is 0 Å². The van der Waals surface area contributed by atoms with E-state index < -0.39 is 0 Å². The molecular weight excluding hydrogens is 192 g/mol. The molecule has 0 aliphatic heterocycles. The Morgan fingerprint density at radius 2 is 1.57 bits per heavy atom. The van der Waals surface area contributed by atoms with Crippen molar-refractivity contribution in [1.82, 2.24) is 9.97 Å². The van der Waals surface area contributed by atoms with Crippen LogP contribution < -0.4 is 0 Å². The highest BCUT2D eigenvalue weighted by molar-refractivity contribution is 8.00. The Hall–Kier alpha value is -1.35. The van der Waals surface area contributed by atoms with Crippen LogP contribution in [0.5, 0.6) is 0 Å². The van der Waals surface area contributed by atoms with Gasteiger partial charge in [-0.2, -0.15) is 0 Å². The Kier molecular flexibility index (Phi) is 2.79. The molecular formula is C11H9N2S. The van der Waals surface area contributed by atoms with Crippen molar-refractivity contribution in [3.05, 3.63) is 49.0 Å². The normalized spacial score (nSPS) is 10.1. The summed E-state index contributed by atoms with van der Waals surface area (Å²) >= 11 is 1.30. The van der Waals surface area contributed by atoms with E-state index in [0.717, 1.165) is 11.1 Å². The quantitative estimate of drug-likeness (QED) is 0.551. The molecule has 14 heavy (non-hydrogen) atoms. The van der Waals surface area contributed by atoms with Gasteiger partial charge in [0.15, 0.2) is 5.16 Å². The zero-order valence-electron chi connectivity index (χ0n) is 7.55. The molecule has 0 bridgehead atoms. The van der Waals surface area contributed by atoms with Gasteiger partial charge in [0.05, 0.1) is 0 Å². The number of benzene rings is 1. The SMILES string of the molecule is [CH2]Sc1ncc(-c2ccccc2)cn1. The highest BCUT2D eigenvalue weighted by Gasteiger charge is 1.97. The van der Waals surface area contributed by atoms with E-state index in [9.17, 15) is 0 Å². The fourth-order valence-electron chi connectivity index (χ4n) is 1.17. The Labute approximate surface area is 87.4 Å². The lowest BCUT2D eigenvalue weighted by molar-refractivity contribution is 0.974. The third-order valence-electron chi connectivity index (χ3n) is 1.86. The van der Waals surface area contributed by atoms with Crippen molar-refractivity contribution in [2.45, 2.75) is 5.16 Å². The van der Waals surface area contributed by atoms with Crippen LogP contribution in [0.15, 0.2) is 47.9 Å². The first-order valence-electron chi connectivity index (χ1n) is 4.19. The van der Waals surface area contributed by atoms with Gasteiger partial charge in [0, 0.05) is 24.2 Å². The molecule has 0 fully saturated rings. The molecule has 0 saturated carbocycles. The summed E-state index contributed by atoms with van der Waals surface area (Å²) in [5, 5.41) is 0.699. The summed E-state index contributed by atoms with van der Waals surface area (Å²) in [5.74, 6) is 0. The summed E-state index contributed by atoms with van der Waals surface area (Å²) in [7, 11) is 0. The van der Waals surface area contributed by atoms with Crippen molar-refractivity contribution in [2.24, 2.45) is 0 Å². The van der Waals surface area contributed by atoms with Crippen LogP contribution in [0.3, 0.4) is 0 Å². The van der Waals surface area contributed by atoms with Crippen LogP contribution in [0.2, 0.25) is 0 Å². The van der Waals surface area contributed by atoms with E-state index in [4.69, 9.17) is 0 Å². The van der Waals surface area contributed by atoms with E-state index in [1.54, 1.807) is 0 Å². The predicted octanol–water partition coefficient (Wildman–Crippen LogP) is 3.03. The zero-order chi connectivity index (χ0) is 9.80. The summed E-state index contributed by atoms with van der Waals surface area (Å²) in [6, 6.07) is 10.1. The maximum Gasteiger partial charge on any atom is 0.187 e. The first-order chi connectivity index (χ1) is 6.90. The average molecular weight is 201 g/mol. The zero-order valence-corrected chi connectivity index (χ0v) is 8.37. The largest absolute Gasteiger partial charge is 0.230 e. The van der Waals surface area contributed by atoms with E-state index in [0.29, 0.717) is 5.16 Å². The third-order valence-corrected chi connectivity index (χ3v) is 2.33. The second-order valence-electron chi connectivity index (χ2n) is 2.76. The molecule has 0 aliphatic carbocycles. The number of rotatable bonds is 2. The molecule has 2 nitrogen and oxygen atoms in total. The molecule has 0 unspecified atom stereocenters. The van der Waals surface area contributed by atoms with Crippen LogP contribution in [0.1, 0.15) is 0 Å². The molecule has 0 spiro atoms. The molecule has 1 radical (unpaired) electrons. The molecule has 2 aromatic rings. The number of aromatic nitrogens is 2. The molecule has 1 aromatic carbocycles. The van der Waals surface area contributed by atoms with Gasteiger partial charge < -0.3 is 0 Å². The molecule has 1 aromatic heterocycles. The fourth-order valence-corrected chi connectivity index (χ4v) is 1.42. The van der Waals surface area contributed by atoms with Gasteiger partial charge in [-0.3, -0.25) is 0 Å². The van der Waals surface area contributed by atoms with E-state index in [2.05, 4.69) is 16.2 Å². The molecule has 1 heterocycles. The molecule has 0 aliphatic rings. The van der Waals surface area contributed by atoms with Crippen molar-refractivity contribution in [3.8, 4) is 11.1 Å². The Morgan fingerprint density at radius 3 is 2.14 bits per heavy atom. The van der Waals surface area contributed by atoms with Crippen LogP contribution in [0, 0.1) is 6.26 Å². The van der Waals surface area contributed by atoms with Crippen LogP contribution >= 0.6 is 11.8 Å². The lowest BCUT2D eigenvalue weighted by Crippen LogP contribution is -1.85. The summed E-state index contributed by atoms with van der Waals surface area (Å²) in [5.41, 5.74) is 2.16. The van der Waals surface area contributed by atoms with Crippen molar-refractivity contribution >= 4 is 11.8 Å². The van der Waals surface area contributed by atoms with Gasteiger partial charge in [-0.25, -0.2) is 9.97 Å². The van der Waals surface area contributed by atoms with Crippen molar-refractivity contribution in [2.75, 3.05) is 0 Å². The van der Waals surface area contributed by atoms with Gasteiger partial charge >= 0.3 is 0 Å². The molecule has 0 amide bonds. The summed E-state index contributed by atoms with van der Waals surface area (Å²) in [4.78, 5) is 8.33. The average Bonchev–Trinajstić information content (AvgIpc) is 2.30. The van der Waals surface area contributed by atoms with Gasteiger partial charge in [0.2, 0.25) is 0 Å². The fraction of sp³-hybridized carbons (Fsp3) is 0. The molecule has 3 heteroatoms. The summed E-state index contributed by atoms with van der Waals surface area (Å²) < 4.78 is 0. The number of hydrogen-bond donors (Lipinski definition) is 0. The first kappa shape index (κ1) is 9.21. The van der Waals surface area contributed by atoms with E-state index in [-0.39, 0.29) is 0 Å². The standard InChI is InChI=1S/C11H9N2S/c1-14-11-12-7-10(8-13-11)9-5-3-2-4-6-9/h2-8H,1H2. The maximum absolute atomic E-state index is 4.16. The maximum atomic E-state index is 4.16. The van der Waals surface area contributed by atoms with Gasteiger partial charge in [0.25, 0.3) is 0 Å². The minimum Gasteiger partial charge on any atom is -0.230 e. The topological polar surface area (TPSA) is 25.8 Å². The minimum absolute atomic E-state index is 0.699. The van der Waals surface area contributed by atoms with Gasteiger partial charge in [-0.1, -0.05) is 42.1 Å². The molecule has 0 saturated heterocycles. The molecule has 0 N–H and O–H groups in total.